The van der Waals surface area contributed by atoms with Crippen LogP contribution in [0.15, 0.2) is 24.3 Å². The largest absolute Gasteiger partial charge is 0.475 e. The third kappa shape index (κ3) is 4.26. The molecule has 0 saturated heterocycles. The molecule has 1 unspecified atom stereocenters. The van der Waals surface area contributed by atoms with Gasteiger partial charge in [0.05, 0.1) is 4.92 Å². The van der Waals surface area contributed by atoms with Crippen molar-refractivity contribution < 1.29 is 24.0 Å². The van der Waals surface area contributed by atoms with Gasteiger partial charge in [0.25, 0.3) is 5.91 Å². The van der Waals surface area contributed by atoms with Gasteiger partial charge in [0.1, 0.15) is 0 Å². The normalized spacial score (nSPS) is 11.4. The molecule has 1 aromatic carbocycles. The van der Waals surface area contributed by atoms with Gasteiger partial charge >= 0.3 is 11.7 Å². The summed E-state index contributed by atoms with van der Waals surface area (Å²) in [6, 6.07) is 5.59. The summed E-state index contributed by atoms with van der Waals surface area (Å²) in [4.78, 5) is 32.0. The molecule has 0 radical (unpaired) electrons. The number of ether oxygens (including phenoxy) is 2. The van der Waals surface area contributed by atoms with E-state index in [4.69, 9.17) is 10.5 Å². The number of hydrogen-bond acceptors (Lipinski definition) is 6. The first-order valence-electron chi connectivity index (χ1n) is 5.27. The molecule has 0 aliphatic rings. The molecule has 0 saturated carbocycles. The van der Waals surface area contributed by atoms with Gasteiger partial charge < -0.3 is 15.2 Å². The molecule has 0 aliphatic carbocycles. The lowest BCUT2D eigenvalue weighted by Gasteiger charge is -2.10. The molecule has 1 amide bonds. The van der Waals surface area contributed by atoms with Crippen LogP contribution < -0.4 is 10.5 Å². The second-order valence-electron chi connectivity index (χ2n) is 3.55. The Morgan fingerprint density at radius 2 is 2.05 bits per heavy atom. The first kappa shape index (κ1) is 14.4. The number of rotatable bonds is 6. The molecular formula is C11H12N2O6. The summed E-state index contributed by atoms with van der Waals surface area (Å²) in [6.45, 7) is 0.758. The number of hydrogen-bond donors (Lipinski definition) is 1. The van der Waals surface area contributed by atoms with Crippen molar-refractivity contribution >= 4 is 17.6 Å². The first-order valence-corrected chi connectivity index (χ1v) is 5.27. The number of nitrogens with two attached hydrogens (primary N) is 1. The quantitative estimate of drug-likeness (QED) is 0.452. The van der Waals surface area contributed by atoms with E-state index in [9.17, 15) is 19.7 Å². The summed E-state index contributed by atoms with van der Waals surface area (Å²) in [5, 5.41) is 10.7. The van der Waals surface area contributed by atoms with Crippen LogP contribution >= 0.6 is 0 Å². The van der Waals surface area contributed by atoms with E-state index in [-0.39, 0.29) is 11.4 Å². The maximum Gasteiger partial charge on any atom is 0.344 e. The van der Waals surface area contributed by atoms with Gasteiger partial charge in [-0.15, -0.1) is 0 Å². The van der Waals surface area contributed by atoms with E-state index in [1.54, 1.807) is 0 Å². The van der Waals surface area contributed by atoms with Crippen LogP contribution in [0.25, 0.3) is 0 Å². The third-order valence-electron chi connectivity index (χ3n) is 2.12. The number of para-hydroxylation sites is 2. The number of nitro benzene ring substituents is 1. The molecule has 1 aromatic rings. The molecule has 1 atom stereocenters. The van der Waals surface area contributed by atoms with E-state index in [2.05, 4.69) is 4.74 Å². The fourth-order valence-corrected chi connectivity index (χ4v) is 1.16. The lowest BCUT2D eigenvalue weighted by atomic mass is 10.3. The van der Waals surface area contributed by atoms with Crippen LogP contribution in [0.1, 0.15) is 6.92 Å². The summed E-state index contributed by atoms with van der Waals surface area (Å²) >= 11 is 0. The van der Waals surface area contributed by atoms with Gasteiger partial charge in [0, 0.05) is 6.07 Å². The highest BCUT2D eigenvalue weighted by molar-refractivity contribution is 5.82. The number of amides is 1. The molecule has 0 fully saturated rings. The standard InChI is InChI=1S/C11H12N2O6/c1-7(11(12)15)19-10(14)6-18-9-5-3-2-4-8(9)13(16)17/h2-5,7H,6H2,1H3,(H2,12,15). The van der Waals surface area contributed by atoms with E-state index >= 15 is 0 Å². The number of benzene rings is 1. The second-order valence-corrected chi connectivity index (χ2v) is 3.55. The van der Waals surface area contributed by atoms with Crippen molar-refractivity contribution in [3.63, 3.8) is 0 Å². The molecule has 102 valence electrons. The summed E-state index contributed by atoms with van der Waals surface area (Å²) in [6.07, 6.45) is -1.08. The molecule has 0 bridgehead atoms. The molecule has 2 N–H and O–H groups in total. The molecular weight excluding hydrogens is 256 g/mol. The number of esters is 1. The van der Waals surface area contributed by atoms with Gasteiger partial charge in [-0.05, 0) is 13.0 Å². The first-order chi connectivity index (χ1) is 8.91. The van der Waals surface area contributed by atoms with Gasteiger partial charge in [-0.2, -0.15) is 0 Å². The topological polar surface area (TPSA) is 122 Å². The predicted octanol–water partition coefficient (Wildman–Crippen LogP) is 0.391. The van der Waals surface area contributed by atoms with Gasteiger partial charge in [0.15, 0.2) is 18.5 Å². The highest BCUT2D eigenvalue weighted by atomic mass is 16.6. The Hall–Kier alpha value is -2.64. The van der Waals surface area contributed by atoms with Crippen LogP contribution in [-0.2, 0) is 14.3 Å². The van der Waals surface area contributed by atoms with Gasteiger partial charge in [-0.3, -0.25) is 14.9 Å². The van der Waals surface area contributed by atoms with E-state index in [1.165, 1.54) is 31.2 Å². The monoisotopic (exact) mass is 268 g/mol. The SMILES string of the molecule is CC(OC(=O)COc1ccccc1[N+](=O)[O-])C(N)=O. The summed E-state index contributed by atoms with van der Waals surface area (Å²) in [5.41, 5.74) is 4.64. The molecule has 8 nitrogen and oxygen atoms in total. The Morgan fingerprint density at radius 3 is 2.63 bits per heavy atom. The van der Waals surface area contributed by atoms with Crippen molar-refractivity contribution in [2.24, 2.45) is 5.73 Å². The van der Waals surface area contributed by atoms with Crippen molar-refractivity contribution in [2.45, 2.75) is 13.0 Å². The number of primary amides is 1. The minimum atomic E-state index is -1.08. The number of nitrogens with zero attached hydrogens (tertiary/aromatic N) is 1. The predicted molar refractivity (Wildman–Crippen MR) is 63.3 cm³/mol. The second kappa shape index (κ2) is 6.34. The fourth-order valence-electron chi connectivity index (χ4n) is 1.16. The number of carbonyl (C=O) groups is 2. The molecule has 0 aromatic heterocycles. The van der Waals surface area contributed by atoms with Crippen molar-refractivity contribution in [1.82, 2.24) is 0 Å². The van der Waals surface area contributed by atoms with Crippen molar-refractivity contribution in [2.75, 3.05) is 6.61 Å². The third-order valence-corrected chi connectivity index (χ3v) is 2.12. The van der Waals surface area contributed by atoms with Gasteiger partial charge in [-0.1, -0.05) is 12.1 Å². The maximum atomic E-state index is 11.3. The lowest BCUT2D eigenvalue weighted by molar-refractivity contribution is -0.385. The molecule has 0 heterocycles. The molecule has 0 spiro atoms. The van der Waals surface area contributed by atoms with Crippen molar-refractivity contribution in [1.29, 1.82) is 0 Å². The lowest BCUT2D eigenvalue weighted by Crippen LogP contribution is -2.32. The maximum absolute atomic E-state index is 11.3. The zero-order valence-corrected chi connectivity index (χ0v) is 10.1. The smallest absolute Gasteiger partial charge is 0.344 e. The Morgan fingerprint density at radius 1 is 1.42 bits per heavy atom. The Bertz CT molecular complexity index is 502. The average Bonchev–Trinajstić information content (AvgIpc) is 2.36. The van der Waals surface area contributed by atoms with E-state index < -0.39 is 29.5 Å². The van der Waals surface area contributed by atoms with Crippen LogP contribution in [0, 0.1) is 10.1 Å². The molecule has 1 rings (SSSR count). The zero-order chi connectivity index (χ0) is 14.4. The van der Waals surface area contributed by atoms with E-state index in [0.29, 0.717) is 0 Å². The Balaban J connectivity index is 2.60. The molecule has 0 aliphatic heterocycles. The fraction of sp³-hybridized carbons (Fsp3) is 0.273. The van der Waals surface area contributed by atoms with Crippen LogP contribution in [-0.4, -0.2) is 29.5 Å². The highest BCUT2D eigenvalue weighted by Crippen LogP contribution is 2.25. The summed E-state index contributed by atoms with van der Waals surface area (Å²) in [5.74, 6) is -1.69. The minimum absolute atomic E-state index is 0.0591. The Kier molecular flexibility index (Phi) is 4.81. The van der Waals surface area contributed by atoms with Gasteiger partial charge in [0.2, 0.25) is 0 Å². The zero-order valence-electron chi connectivity index (χ0n) is 10.1. The van der Waals surface area contributed by atoms with Crippen LogP contribution in [0.2, 0.25) is 0 Å². The minimum Gasteiger partial charge on any atom is -0.475 e. The summed E-state index contributed by atoms with van der Waals surface area (Å²) < 4.78 is 9.60. The Labute approximate surface area is 108 Å². The van der Waals surface area contributed by atoms with E-state index in [1.807, 2.05) is 0 Å². The van der Waals surface area contributed by atoms with Crippen LogP contribution in [0.5, 0.6) is 5.75 Å². The summed E-state index contributed by atoms with van der Waals surface area (Å²) in [7, 11) is 0. The van der Waals surface area contributed by atoms with E-state index in [0.717, 1.165) is 0 Å². The molecule has 19 heavy (non-hydrogen) atoms. The average molecular weight is 268 g/mol. The van der Waals surface area contributed by atoms with Crippen LogP contribution in [0.3, 0.4) is 0 Å². The van der Waals surface area contributed by atoms with Gasteiger partial charge in [-0.25, -0.2) is 4.79 Å². The number of carbonyl (C=O) groups excluding carboxylic acids is 2. The highest BCUT2D eigenvalue weighted by Gasteiger charge is 2.18. The number of nitro groups is 1. The van der Waals surface area contributed by atoms with Crippen LogP contribution in [0.4, 0.5) is 5.69 Å². The van der Waals surface area contributed by atoms with Crippen molar-refractivity contribution in [3.8, 4) is 5.75 Å². The molecule has 8 heteroatoms. The van der Waals surface area contributed by atoms with Crippen molar-refractivity contribution in [3.05, 3.63) is 34.4 Å².